The SMILES string of the molecule is Ic1nsc(C#Cc2ccccc2)n1. The van der Waals surface area contributed by atoms with Crippen molar-refractivity contribution in [2.75, 3.05) is 0 Å². The van der Waals surface area contributed by atoms with E-state index in [-0.39, 0.29) is 0 Å². The molecule has 1 heterocycles. The third-order valence-electron chi connectivity index (χ3n) is 1.49. The molecule has 1 aromatic heterocycles. The van der Waals surface area contributed by atoms with E-state index in [1.54, 1.807) is 0 Å². The molecule has 0 aliphatic heterocycles. The van der Waals surface area contributed by atoms with Gasteiger partial charge in [0.05, 0.1) is 0 Å². The summed E-state index contributed by atoms with van der Waals surface area (Å²) in [5.41, 5.74) is 0.998. The molecular weight excluding hydrogens is 307 g/mol. The number of hydrogen-bond donors (Lipinski definition) is 0. The standard InChI is InChI=1S/C10H5IN2S/c11-10-12-9(14-13-10)7-6-8-4-2-1-3-5-8/h1-5H. The second-order valence-electron chi connectivity index (χ2n) is 2.48. The predicted octanol–water partition coefficient (Wildman–Crippen LogP) is 2.54. The minimum Gasteiger partial charge on any atom is -0.201 e. The summed E-state index contributed by atoms with van der Waals surface area (Å²) in [4.78, 5) is 4.15. The van der Waals surface area contributed by atoms with Gasteiger partial charge in [0.1, 0.15) is 0 Å². The lowest BCUT2D eigenvalue weighted by atomic mass is 10.2. The van der Waals surface area contributed by atoms with Crippen molar-refractivity contribution < 1.29 is 0 Å². The minimum absolute atomic E-state index is 0.755. The average Bonchev–Trinajstić information content (AvgIpc) is 2.63. The van der Waals surface area contributed by atoms with Crippen LogP contribution in [0.5, 0.6) is 0 Å². The molecule has 2 nitrogen and oxygen atoms in total. The molecule has 4 heteroatoms. The summed E-state index contributed by atoms with van der Waals surface area (Å²) in [6.07, 6.45) is 0. The van der Waals surface area contributed by atoms with Gasteiger partial charge in [-0.2, -0.15) is 4.37 Å². The molecule has 0 atom stereocenters. The Morgan fingerprint density at radius 2 is 1.93 bits per heavy atom. The van der Waals surface area contributed by atoms with Gasteiger partial charge >= 0.3 is 0 Å². The molecule has 0 aliphatic rings. The van der Waals surface area contributed by atoms with Crippen LogP contribution in [-0.2, 0) is 0 Å². The molecule has 14 heavy (non-hydrogen) atoms. The van der Waals surface area contributed by atoms with Crippen LogP contribution in [-0.4, -0.2) is 9.36 Å². The first-order chi connectivity index (χ1) is 6.84. The average molecular weight is 312 g/mol. The van der Waals surface area contributed by atoms with E-state index in [2.05, 4.69) is 43.8 Å². The van der Waals surface area contributed by atoms with E-state index in [0.29, 0.717) is 0 Å². The van der Waals surface area contributed by atoms with Crippen LogP contribution in [0.25, 0.3) is 0 Å². The second-order valence-corrected chi connectivity index (χ2v) is 4.20. The first-order valence-corrected chi connectivity index (χ1v) is 5.76. The summed E-state index contributed by atoms with van der Waals surface area (Å²) in [7, 11) is 0. The van der Waals surface area contributed by atoms with E-state index < -0.39 is 0 Å². The summed E-state index contributed by atoms with van der Waals surface area (Å²) in [6, 6.07) is 9.85. The van der Waals surface area contributed by atoms with Gasteiger partial charge in [0.25, 0.3) is 0 Å². The van der Waals surface area contributed by atoms with Gasteiger partial charge in [0, 0.05) is 28.2 Å². The highest BCUT2D eigenvalue weighted by atomic mass is 127. The molecule has 0 bridgehead atoms. The highest BCUT2D eigenvalue weighted by Gasteiger charge is 1.95. The van der Waals surface area contributed by atoms with Crippen LogP contribution < -0.4 is 0 Å². The van der Waals surface area contributed by atoms with Crippen LogP contribution in [0.4, 0.5) is 0 Å². The Balaban J connectivity index is 2.23. The van der Waals surface area contributed by atoms with E-state index in [1.807, 2.05) is 30.3 Å². The van der Waals surface area contributed by atoms with Crippen LogP contribution in [0.3, 0.4) is 0 Å². The van der Waals surface area contributed by atoms with Crippen molar-refractivity contribution in [1.82, 2.24) is 9.36 Å². The van der Waals surface area contributed by atoms with E-state index in [9.17, 15) is 0 Å². The van der Waals surface area contributed by atoms with Crippen molar-refractivity contribution in [1.29, 1.82) is 0 Å². The number of halogens is 1. The monoisotopic (exact) mass is 312 g/mol. The largest absolute Gasteiger partial charge is 0.204 e. The van der Waals surface area contributed by atoms with Gasteiger partial charge in [-0.25, -0.2) is 4.98 Å². The highest BCUT2D eigenvalue weighted by Crippen LogP contribution is 2.05. The van der Waals surface area contributed by atoms with Gasteiger partial charge in [-0.05, 0) is 29.6 Å². The highest BCUT2D eigenvalue weighted by molar-refractivity contribution is 14.1. The van der Waals surface area contributed by atoms with Gasteiger partial charge in [-0.1, -0.05) is 24.1 Å². The normalized spacial score (nSPS) is 9.21. The Kier molecular flexibility index (Phi) is 3.11. The molecule has 0 aliphatic carbocycles. The maximum Gasteiger partial charge on any atom is 0.204 e. The fraction of sp³-hybridized carbons (Fsp3) is 0. The molecule has 0 saturated heterocycles. The van der Waals surface area contributed by atoms with Crippen LogP contribution >= 0.6 is 34.1 Å². The summed E-state index contributed by atoms with van der Waals surface area (Å²) < 4.78 is 4.80. The van der Waals surface area contributed by atoms with Crippen molar-refractivity contribution in [2.45, 2.75) is 0 Å². The summed E-state index contributed by atoms with van der Waals surface area (Å²) >= 11 is 3.40. The van der Waals surface area contributed by atoms with Crippen LogP contribution in [0.2, 0.25) is 0 Å². The summed E-state index contributed by atoms with van der Waals surface area (Å²) in [5, 5.41) is 0.762. The van der Waals surface area contributed by atoms with Crippen molar-refractivity contribution in [3.8, 4) is 11.8 Å². The molecule has 1 aromatic carbocycles. The summed E-state index contributed by atoms with van der Waals surface area (Å²) in [5.74, 6) is 6.00. The second kappa shape index (κ2) is 4.53. The van der Waals surface area contributed by atoms with Crippen LogP contribution in [0.15, 0.2) is 30.3 Å². The fourth-order valence-corrected chi connectivity index (χ4v) is 2.03. The molecule has 2 aromatic rings. The van der Waals surface area contributed by atoms with Crippen molar-refractivity contribution in [2.24, 2.45) is 0 Å². The van der Waals surface area contributed by atoms with E-state index in [4.69, 9.17) is 0 Å². The smallest absolute Gasteiger partial charge is 0.201 e. The summed E-state index contributed by atoms with van der Waals surface area (Å²) in [6.45, 7) is 0. The van der Waals surface area contributed by atoms with Gasteiger partial charge in [-0.3, -0.25) is 0 Å². The van der Waals surface area contributed by atoms with Crippen LogP contribution in [0, 0.1) is 15.7 Å². The van der Waals surface area contributed by atoms with Gasteiger partial charge in [-0.15, -0.1) is 0 Å². The van der Waals surface area contributed by atoms with Gasteiger partial charge < -0.3 is 0 Å². The van der Waals surface area contributed by atoms with Crippen LogP contribution in [0.1, 0.15) is 10.6 Å². The first-order valence-electron chi connectivity index (χ1n) is 3.91. The van der Waals surface area contributed by atoms with Crippen molar-refractivity contribution >= 4 is 34.1 Å². The number of benzene rings is 1. The number of nitrogens with zero attached hydrogens (tertiary/aromatic N) is 2. The topological polar surface area (TPSA) is 25.8 Å². The lowest BCUT2D eigenvalue weighted by Gasteiger charge is -1.84. The maximum absolute atomic E-state index is 4.15. The van der Waals surface area contributed by atoms with Gasteiger partial charge in [0.2, 0.25) is 3.83 Å². The maximum atomic E-state index is 4.15. The lowest BCUT2D eigenvalue weighted by molar-refractivity contribution is 1.24. The number of hydrogen-bond acceptors (Lipinski definition) is 3. The fourth-order valence-electron chi connectivity index (χ4n) is 0.903. The zero-order valence-electron chi connectivity index (χ0n) is 7.07. The molecule has 68 valence electrons. The lowest BCUT2D eigenvalue weighted by Crippen LogP contribution is -1.74. The van der Waals surface area contributed by atoms with Crippen molar-refractivity contribution in [3.63, 3.8) is 0 Å². The van der Waals surface area contributed by atoms with E-state index in [0.717, 1.165) is 14.4 Å². The van der Waals surface area contributed by atoms with E-state index in [1.165, 1.54) is 11.5 Å². The molecule has 0 amide bonds. The Bertz CT molecular complexity index is 482. The number of aromatic nitrogens is 2. The zero-order chi connectivity index (χ0) is 9.80. The Morgan fingerprint density at radius 3 is 2.57 bits per heavy atom. The first kappa shape index (κ1) is 9.62. The third kappa shape index (κ3) is 2.53. The molecular formula is C10H5IN2S. The van der Waals surface area contributed by atoms with E-state index >= 15 is 0 Å². The van der Waals surface area contributed by atoms with Gasteiger partial charge in [0.15, 0.2) is 5.01 Å². The molecule has 0 saturated carbocycles. The molecule has 0 N–H and O–H groups in total. The zero-order valence-corrected chi connectivity index (χ0v) is 10.0. The molecule has 0 spiro atoms. The Labute approximate surface area is 99.7 Å². The minimum atomic E-state index is 0.755. The quantitative estimate of drug-likeness (QED) is 0.552. The number of rotatable bonds is 0. The Morgan fingerprint density at radius 1 is 1.14 bits per heavy atom. The van der Waals surface area contributed by atoms with Crippen molar-refractivity contribution in [3.05, 3.63) is 44.7 Å². The molecule has 0 unspecified atom stereocenters. The molecule has 2 rings (SSSR count). The predicted molar refractivity (Wildman–Crippen MR) is 65.0 cm³/mol. The third-order valence-corrected chi connectivity index (χ3v) is 2.93. The molecule has 0 radical (unpaired) electrons. The Hall–Kier alpha value is -0.930. The molecule has 0 fully saturated rings.